The van der Waals surface area contributed by atoms with Crippen molar-refractivity contribution in [1.29, 1.82) is 0 Å². The van der Waals surface area contributed by atoms with E-state index in [1.165, 1.54) is 12.8 Å². The van der Waals surface area contributed by atoms with Gasteiger partial charge in [0.2, 0.25) is 0 Å². The molecule has 0 aliphatic carbocycles. The van der Waals surface area contributed by atoms with Gasteiger partial charge in [0.1, 0.15) is 0 Å². The summed E-state index contributed by atoms with van der Waals surface area (Å²) >= 11 is 2.24. The number of hydrogen-bond acceptors (Lipinski definition) is 5. The number of aryl methyl sites for hydroxylation is 2. The molecule has 0 saturated carbocycles. The monoisotopic (exact) mass is 756 g/mol. The van der Waals surface area contributed by atoms with Gasteiger partial charge in [-0.2, -0.15) is 0 Å². The van der Waals surface area contributed by atoms with E-state index >= 15 is 8.78 Å². The molecule has 2 aromatic carbocycles. The summed E-state index contributed by atoms with van der Waals surface area (Å²) in [5, 5.41) is -4.82. The molecule has 0 aliphatic heterocycles. The predicted molar refractivity (Wildman–Crippen MR) is 180 cm³/mol. The van der Waals surface area contributed by atoms with Gasteiger partial charge < -0.3 is 0 Å². The van der Waals surface area contributed by atoms with Crippen LogP contribution in [0.15, 0.2) is 48.5 Å². The summed E-state index contributed by atoms with van der Waals surface area (Å²) in [5.41, 5.74) is 2.19. The summed E-state index contributed by atoms with van der Waals surface area (Å²) in [6.45, 7) is 4.03. The molecule has 0 saturated heterocycles. The number of carbonyl (C=O) groups excluding carboxylic acids is 1. The van der Waals surface area contributed by atoms with Gasteiger partial charge in [0.15, 0.2) is 0 Å². The van der Waals surface area contributed by atoms with Crippen LogP contribution in [0.1, 0.15) is 108 Å². The summed E-state index contributed by atoms with van der Waals surface area (Å²) in [5.74, 6) is -1.55. The van der Waals surface area contributed by atoms with Gasteiger partial charge in [-0.05, 0) is 0 Å². The molecule has 2 aromatic rings. The Labute approximate surface area is 270 Å². The second kappa shape index (κ2) is 20.7. The molecule has 0 bridgehead atoms. The zero-order valence-corrected chi connectivity index (χ0v) is 29.3. The standard InChI is InChI=1S/C33H48ClF2IO5S/c1-3-5-7-12-16-28-18-22-30(23-19-28)37(31-24-20-29(21-25-31)17-13-8-6-4-2)42-43(39,40)33(35,36)32(38)41-27-15-11-9-10-14-26-34/h18-25H,3-17,26-27H2,1-2H3. The number of halogens is 4. The Hall–Kier alpha value is -1.30. The molecule has 0 N–H and O–H groups in total. The first kappa shape index (κ1) is 37.9. The number of unbranched alkanes of at least 4 members (excludes halogenated alkanes) is 10. The molecule has 244 valence electrons. The molecule has 0 amide bonds. The number of rotatable bonds is 23. The summed E-state index contributed by atoms with van der Waals surface area (Å²) in [4.78, 5) is 12.3. The molecule has 0 unspecified atom stereocenters. The van der Waals surface area contributed by atoms with Gasteiger partial charge in [-0.3, -0.25) is 0 Å². The van der Waals surface area contributed by atoms with Gasteiger partial charge in [0, 0.05) is 0 Å². The third-order valence-corrected chi connectivity index (χ3v) is 14.6. The second-order valence-electron chi connectivity index (χ2n) is 10.7. The molecular weight excluding hydrogens is 709 g/mol. The van der Waals surface area contributed by atoms with Gasteiger partial charge in [0.05, 0.1) is 0 Å². The molecule has 43 heavy (non-hydrogen) atoms. The Morgan fingerprint density at radius 3 is 1.63 bits per heavy atom. The van der Waals surface area contributed by atoms with Gasteiger partial charge >= 0.3 is 260 Å². The van der Waals surface area contributed by atoms with Crippen LogP contribution in [0.2, 0.25) is 0 Å². The van der Waals surface area contributed by atoms with Crippen LogP contribution in [0.4, 0.5) is 8.78 Å². The van der Waals surface area contributed by atoms with E-state index in [0.29, 0.717) is 25.9 Å². The average molecular weight is 757 g/mol. The van der Waals surface area contributed by atoms with E-state index in [9.17, 15) is 13.2 Å². The second-order valence-corrected chi connectivity index (χ2v) is 17.7. The van der Waals surface area contributed by atoms with Gasteiger partial charge in [-0.1, -0.05) is 0 Å². The SMILES string of the molecule is CCCCCCc1ccc(I(OS(=O)(=O)C(F)(F)C(=O)OCCCCCCCCl)c2ccc(CCCCCC)cc2)cc1. The minimum absolute atomic E-state index is 0.285. The molecule has 0 radical (unpaired) electrons. The quantitative estimate of drug-likeness (QED) is 0.0489. The van der Waals surface area contributed by atoms with Crippen molar-refractivity contribution in [3.63, 3.8) is 0 Å². The first-order chi connectivity index (χ1) is 20.7. The van der Waals surface area contributed by atoms with E-state index in [1.807, 2.05) is 24.3 Å². The van der Waals surface area contributed by atoms with Crippen molar-refractivity contribution >= 4 is 47.9 Å². The zero-order chi connectivity index (χ0) is 31.6. The van der Waals surface area contributed by atoms with E-state index in [2.05, 4.69) is 18.6 Å². The van der Waals surface area contributed by atoms with Crippen LogP contribution in [0.25, 0.3) is 0 Å². The Kier molecular flexibility index (Phi) is 18.2. The molecule has 5 nitrogen and oxygen atoms in total. The Bertz CT molecular complexity index is 1110. The first-order valence-corrected chi connectivity index (χ1v) is 20.6. The van der Waals surface area contributed by atoms with Gasteiger partial charge in [-0.25, -0.2) is 0 Å². The topological polar surface area (TPSA) is 69.7 Å². The summed E-state index contributed by atoms with van der Waals surface area (Å²) < 4.78 is 67.1. The Morgan fingerprint density at radius 2 is 1.16 bits per heavy atom. The van der Waals surface area contributed by atoms with Crippen LogP contribution in [0.5, 0.6) is 0 Å². The van der Waals surface area contributed by atoms with Crippen molar-refractivity contribution in [2.75, 3.05) is 12.5 Å². The van der Waals surface area contributed by atoms with Crippen LogP contribution < -0.4 is 0 Å². The van der Waals surface area contributed by atoms with Crippen molar-refractivity contribution < 1.29 is 29.2 Å². The molecule has 2 rings (SSSR count). The third kappa shape index (κ3) is 13.3. The van der Waals surface area contributed by atoms with E-state index < -0.39 is 41.6 Å². The molecule has 0 spiro atoms. The van der Waals surface area contributed by atoms with E-state index in [4.69, 9.17) is 14.1 Å². The molecule has 0 heterocycles. The van der Waals surface area contributed by atoms with E-state index in [0.717, 1.165) is 81.8 Å². The normalized spacial score (nSPS) is 12.3. The van der Waals surface area contributed by atoms with Gasteiger partial charge in [-0.15, -0.1) is 11.6 Å². The fourth-order valence-electron chi connectivity index (χ4n) is 4.44. The maximum atomic E-state index is 15.0. The summed E-state index contributed by atoms with van der Waals surface area (Å²) in [7, 11) is -5.62. The Balaban J connectivity index is 2.20. The average Bonchev–Trinajstić information content (AvgIpc) is 3.00. The molecule has 0 aliphatic rings. The third-order valence-electron chi connectivity index (χ3n) is 7.07. The molecule has 10 heteroatoms. The number of benzene rings is 2. The van der Waals surface area contributed by atoms with Crippen LogP contribution in [0, 0.1) is 7.14 Å². The molecule has 0 fully saturated rings. The van der Waals surface area contributed by atoms with E-state index in [1.54, 1.807) is 24.3 Å². The fraction of sp³-hybridized carbons (Fsp3) is 0.606. The van der Waals surface area contributed by atoms with Crippen molar-refractivity contribution in [2.45, 2.75) is 115 Å². The predicted octanol–water partition coefficient (Wildman–Crippen LogP) is 10.1. The van der Waals surface area contributed by atoms with Crippen molar-refractivity contribution in [3.8, 4) is 0 Å². The molecule has 0 atom stereocenters. The van der Waals surface area contributed by atoms with Crippen LogP contribution >= 0.6 is 31.8 Å². The van der Waals surface area contributed by atoms with Crippen LogP contribution in [0.3, 0.4) is 0 Å². The van der Waals surface area contributed by atoms with Crippen LogP contribution in [-0.2, 0) is 35.0 Å². The number of carbonyl (C=O) groups is 1. The number of esters is 1. The fourth-order valence-corrected chi connectivity index (χ4v) is 11.4. The molecular formula is C33H48ClF2IO5S. The minimum atomic E-state index is -5.62. The summed E-state index contributed by atoms with van der Waals surface area (Å²) in [6, 6.07) is 14.7. The number of alkyl halides is 3. The summed E-state index contributed by atoms with van der Waals surface area (Å²) in [6.07, 6.45) is 14.3. The van der Waals surface area contributed by atoms with Crippen molar-refractivity contribution in [3.05, 3.63) is 66.8 Å². The first-order valence-electron chi connectivity index (χ1n) is 15.6. The zero-order valence-electron chi connectivity index (χ0n) is 25.6. The maximum absolute atomic E-state index is 15.0. The van der Waals surface area contributed by atoms with E-state index in [-0.39, 0.29) is 6.61 Å². The van der Waals surface area contributed by atoms with Crippen molar-refractivity contribution in [2.24, 2.45) is 0 Å². The molecule has 0 aromatic heterocycles. The van der Waals surface area contributed by atoms with Gasteiger partial charge in [0.25, 0.3) is 0 Å². The van der Waals surface area contributed by atoms with Crippen molar-refractivity contribution in [1.82, 2.24) is 0 Å². The van der Waals surface area contributed by atoms with Crippen LogP contribution in [-0.4, -0.2) is 32.1 Å². The number of ether oxygens (including phenoxy) is 1. The Morgan fingerprint density at radius 1 is 0.721 bits per heavy atom. The number of hydrogen-bond donors (Lipinski definition) is 0.